The summed E-state index contributed by atoms with van der Waals surface area (Å²) in [6, 6.07) is 0. The molecule has 2 aromatic heterocycles. The number of aromatic nitrogens is 4. The topological polar surface area (TPSA) is 66.0 Å². The van der Waals surface area contributed by atoms with Gasteiger partial charge in [0.25, 0.3) is 0 Å². The van der Waals surface area contributed by atoms with Gasteiger partial charge in [-0.15, -0.1) is 0 Å². The molecule has 0 amide bonds. The van der Waals surface area contributed by atoms with Crippen LogP contribution >= 0.6 is 0 Å². The molecule has 0 bridgehead atoms. The minimum atomic E-state index is 0.352. The Morgan fingerprint density at radius 1 is 1.47 bits per heavy atom. The second-order valence-electron chi connectivity index (χ2n) is 3.12. The Morgan fingerprint density at radius 2 is 2.33 bits per heavy atom. The summed E-state index contributed by atoms with van der Waals surface area (Å²) in [6.45, 7) is 5.02. The first-order chi connectivity index (χ1) is 7.29. The quantitative estimate of drug-likeness (QED) is 0.754. The Bertz CT molecular complexity index is 435. The van der Waals surface area contributed by atoms with Crippen molar-refractivity contribution in [1.82, 2.24) is 20.1 Å². The summed E-state index contributed by atoms with van der Waals surface area (Å²) in [6.07, 6.45) is 3.51. The molecule has 0 fully saturated rings. The predicted octanol–water partition coefficient (Wildman–Crippen LogP) is 1.17. The van der Waals surface area contributed by atoms with Crippen LogP contribution in [0, 0.1) is 6.92 Å². The van der Waals surface area contributed by atoms with Crippen molar-refractivity contribution in [2.75, 3.05) is 0 Å². The van der Waals surface area contributed by atoms with E-state index in [4.69, 9.17) is 4.74 Å². The first kappa shape index (κ1) is 9.70. The molecular weight excluding hydrogens is 196 g/mol. The third kappa shape index (κ3) is 2.15. The SMILES string of the molecule is CCn1cc(OCc2nonc2C)cn1. The van der Waals surface area contributed by atoms with Gasteiger partial charge in [-0.2, -0.15) is 5.10 Å². The molecule has 2 rings (SSSR count). The van der Waals surface area contributed by atoms with Crippen LogP contribution in [-0.4, -0.2) is 20.1 Å². The lowest BCUT2D eigenvalue weighted by Gasteiger charge is -1.99. The fraction of sp³-hybridized carbons (Fsp3) is 0.444. The molecule has 0 radical (unpaired) electrons. The molecule has 0 saturated heterocycles. The monoisotopic (exact) mass is 208 g/mol. The Morgan fingerprint density at radius 3 is 2.93 bits per heavy atom. The van der Waals surface area contributed by atoms with E-state index >= 15 is 0 Å². The van der Waals surface area contributed by atoms with Gasteiger partial charge in [0.2, 0.25) is 0 Å². The van der Waals surface area contributed by atoms with Crippen LogP contribution in [0.3, 0.4) is 0 Å². The molecule has 15 heavy (non-hydrogen) atoms. The van der Waals surface area contributed by atoms with E-state index in [1.807, 2.05) is 20.0 Å². The summed E-state index contributed by atoms with van der Waals surface area (Å²) in [5.74, 6) is 0.722. The minimum Gasteiger partial charge on any atom is -0.484 e. The zero-order chi connectivity index (χ0) is 10.7. The van der Waals surface area contributed by atoms with Gasteiger partial charge < -0.3 is 4.74 Å². The number of nitrogens with zero attached hydrogens (tertiary/aromatic N) is 4. The highest BCUT2D eigenvalue weighted by molar-refractivity contribution is 5.13. The van der Waals surface area contributed by atoms with E-state index < -0.39 is 0 Å². The minimum absolute atomic E-state index is 0.352. The number of aryl methyl sites for hydroxylation is 2. The van der Waals surface area contributed by atoms with Crippen molar-refractivity contribution in [2.45, 2.75) is 27.0 Å². The lowest BCUT2D eigenvalue weighted by atomic mass is 10.4. The fourth-order valence-corrected chi connectivity index (χ4v) is 1.12. The molecular formula is C9H12N4O2. The second kappa shape index (κ2) is 4.12. The Hall–Kier alpha value is -1.85. The maximum atomic E-state index is 5.47. The molecule has 0 spiro atoms. The Labute approximate surface area is 86.8 Å². The summed E-state index contributed by atoms with van der Waals surface area (Å²) in [5.41, 5.74) is 1.46. The highest BCUT2D eigenvalue weighted by atomic mass is 16.6. The van der Waals surface area contributed by atoms with Gasteiger partial charge in [-0.05, 0) is 13.8 Å². The third-order valence-corrected chi connectivity index (χ3v) is 2.06. The number of hydrogen-bond donors (Lipinski definition) is 0. The van der Waals surface area contributed by atoms with Gasteiger partial charge in [0, 0.05) is 6.54 Å². The van der Waals surface area contributed by atoms with Gasteiger partial charge >= 0.3 is 0 Å². The van der Waals surface area contributed by atoms with Gasteiger partial charge in [0.05, 0.1) is 12.4 Å². The Balaban J connectivity index is 1.96. The standard InChI is InChI=1S/C9H12N4O2/c1-3-13-5-8(4-10-13)14-6-9-7(2)11-15-12-9/h4-5H,3,6H2,1-2H3. The lowest BCUT2D eigenvalue weighted by Crippen LogP contribution is -1.97. The molecule has 2 heterocycles. The molecule has 0 unspecified atom stereocenters. The van der Waals surface area contributed by atoms with Crippen LogP contribution in [0.5, 0.6) is 5.75 Å². The first-order valence-electron chi connectivity index (χ1n) is 4.73. The molecule has 0 atom stereocenters. The van der Waals surface area contributed by atoms with Gasteiger partial charge in [0.15, 0.2) is 5.75 Å². The summed E-state index contributed by atoms with van der Waals surface area (Å²) in [5, 5.41) is 11.5. The highest BCUT2D eigenvalue weighted by Crippen LogP contribution is 2.11. The zero-order valence-corrected chi connectivity index (χ0v) is 8.67. The number of ether oxygens (including phenoxy) is 1. The van der Waals surface area contributed by atoms with Crippen LogP contribution in [0.1, 0.15) is 18.3 Å². The van der Waals surface area contributed by atoms with Crippen molar-refractivity contribution in [3.63, 3.8) is 0 Å². The predicted molar refractivity (Wildman–Crippen MR) is 51.3 cm³/mol. The normalized spacial score (nSPS) is 10.5. The molecule has 6 heteroatoms. The highest BCUT2D eigenvalue weighted by Gasteiger charge is 2.06. The van der Waals surface area contributed by atoms with E-state index in [-0.39, 0.29) is 0 Å². The summed E-state index contributed by atoms with van der Waals surface area (Å²) in [4.78, 5) is 0. The average Bonchev–Trinajstić information content (AvgIpc) is 2.84. The van der Waals surface area contributed by atoms with Gasteiger partial charge in [-0.25, -0.2) is 4.63 Å². The van der Waals surface area contributed by atoms with Crippen molar-refractivity contribution in [3.8, 4) is 5.75 Å². The number of hydrogen-bond acceptors (Lipinski definition) is 5. The Kier molecular flexibility index (Phi) is 2.66. The molecule has 0 N–H and O–H groups in total. The molecule has 80 valence electrons. The van der Waals surface area contributed by atoms with Gasteiger partial charge in [0.1, 0.15) is 18.0 Å². The summed E-state index contributed by atoms with van der Waals surface area (Å²) < 4.78 is 11.8. The first-order valence-corrected chi connectivity index (χ1v) is 4.73. The molecule has 0 aromatic carbocycles. The molecule has 0 saturated carbocycles. The summed E-state index contributed by atoms with van der Waals surface area (Å²) in [7, 11) is 0. The van der Waals surface area contributed by atoms with E-state index in [1.165, 1.54) is 0 Å². The molecule has 6 nitrogen and oxygen atoms in total. The van der Waals surface area contributed by atoms with Crippen LogP contribution in [0.25, 0.3) is 0 Å². The van der Waals surface area contributed by atoms with E-state index in [0.29, 0.717) is 12.3 Å². The van der Waals surface area contributed by atoms with Crippen LogP contribution in [0.15, 0.2) is 17.0 Å². The van der Waals surface area contributed by atoms with Gasteiger partial charge in [-0.3, -0.25) is 4.68 Å². The van der Waals surface area contributed by atoms with Crippen LogP contribution in [0.2, 0.25) is 0 Å². The maximum absolute atomic E-state index is 5.47. The van der Waals surface area contributed by atoms with Crippen molar-refractivity contribution < 1.29 is 9.37 Å². The average molecular weight is 208 g/mol. The van der Waals surface area contributed by atoms with E-state index in [9.17, 15) is 0 Å². The largest absolute Gasteiger partial charge is 0.484 e. The van der Waals surface area contributed by atoms with Crippen molar-refractivity contribution in [2.24, 2.45) is 0 Å². The van der Waals surface area contributed by atoms with Crippen molar-refractivity contribution in [1.29, 1.82) is 0 Å². The molecule has 0 aliphatic rings. The smallest absolute Gasteiger partial charge is 0.157 e. The molecule has 0 aliphatic carbocycles. The van der Waals surface area contributed by atoms with Crippen molar-refractivity contribution >= 4 is 0 Å². The van der Waals surface area contributed by atoms with Crippen LogP contribution in [0.4, 0.5) is 0 Å². The summed E-state index contributed by atoms with van der Waals surface area (Å²) >= 11 is 0. The maximum Gasteiger partial charge on any atom is 0.157 e. The second-order valence-corrected chi connectivity index (χ2v) is 3.12. The molecule has 2 aromatic rings. The van der Waals surface area contributed by atoms with Gasteiger partial charge in [-0.1, -0.05) is 10.3 Å². The van der Waals surface area contributed by atoms with Crippen LogP contribution in [-0.2, 0) is 13.2 Å². The van der Waals surface area contributed by atoms with E-state index in [2.05, 4.69) is 20.0 Å². The zero-order valence-electron chi connectivity index (χ0n) is 8.67. The van der Waals surface area contributed by atoms with Crippen molar-refractivity contribution in [3.05, 3.63) is 23.8 Å². The van der Waals surface area contributed by atoms with E-state index in [1.54, 1.807) is 10.9 Å². The van der Waals surface area contributed by atoms with E-state index in [0.717, 1.165) is 18.0 Å². The fourth-order valence-electron chi connectivity index (χ4n) is 1.12. The third-order valence-electron chi connectivity index (χ3n) is 2.06. The number of rotatable bonds is 4. The molecule has 0 aliphatic heterocycles. The lowest BCUT2D eigenvalue weighted by molar-refractivity contribution is 0.270. The van der Waals surface area contributed by atoms with Crippen LogP contribution < -0.4 is 4.74 Å².